The van der Waals surface area contributed by atoms with Gasteiger partial charge in [-0.05, 0) is 60.7 Å². The zero-order valence-corrected chi connectivity index (χ0v) is 20.8. The van der Waals surface area contributed by atoms with Crippen LogP contribution in [0.3, 0.4) is 0 Å². The average Bonchev–Trinajstić information content (AvgIpc) is 3.45. The van der Waals surface area contributed by atoms with E-state index in [1.54, 1.807) is 42.5 Å². The molecule has 1 saturated heterocycles. The van der Waals surface area contributed by atoms with Crippen LogP contribution >= 0.6 is 11.3 Å². The number of ketones is 1. The highest BCUT2D eigenvalue weighted by atomic mass is 32.1. The number of benzene rings is 3. The van der Waals surface area contributed by atoms with Crippen molar-refractivity contribution < 1.29 is 33.3 Å². The van der Waals surface area contributed by atoms with E-state index in [-0.39, 0.29) is 16.5 Å². The lowest BCUT2D eigenvalue weighted by atomic mass is 9.94. The minimum atomic E-state index is -1.10. The molecule has 0 spiro atoms. The van der Waals surface area contributed by atoms with Crippen LogP contribution < -0.4 is 19.1 Å². The van der Waals surface area contributed by atoms with Gasteiger partial charge in [-0.3, -0.25) is 14.5 Å². The third-order valence-corrected chi connectivity index (χ3v) is 7.10. The van der Waals surface area contributed by atoms with Crippen LogP contribution in [0.15, 0.2) is 66.2 Å². The van der Waals surface area contributed by atoms with Gasteiger partial charge in [-0.2, -0.15) is 0 Å². The highest BCUT2D eigenvalue weighted by Gasteiger charge is 2.49. The lowest BCUT2D eigenvalue weighted by molar-refractivity contribution is -0.132. The molecule has 1 atom stereocenters. The summed E-state index contributed by atoms with van der Waals surface area (Å²) in [5.41, 5.74) is 1.04. The summed E-state index contributed by atoms with van der Waals surface area (Å²) in [6, 6.07) is 14.4. The second-order valence-electron chi connectivity index (χ2n) is 8.11. The summed E-state index contributed by atoms with van der Waals surface area (Å²) >= 11 is 1.06. The third kappa shape index (κ3) is 4.15. The summed E-state index contributed by atoms with van der Waals surface area (Å²) in [4.78, 5) is 32.6. The monoisotopic (exact) mass is 520 g/mol. The molecule has 1 fully saturated rings. The normalized spacial score (nSPS) is 16.9. The largest absolute Gasteiger partial charge is 0.507 e. The number of fused-ring (bicyclic) bond motifs is 1. The number of hydrogen-bond acceptors (Lipinski definition) is 8. The Morgan fingerprint density at radius 3 is 2.32 bits per heavy atom. The number of halogens is 1. The van der Waals surface area contributed by atoms with Crippen LogP contribution in [0, 0.1) is 5.82 Å². The molecule has 37 heavy (non-hydrogen) atoms. The summed E-state index contributed by atoms with van der Waals surface area (Å²) in [5.74, 6) is -1.22. The first kappa shape index (κ1) is 24.3. The van der Waals surface area contributed by atoms with Crippen LogP contribution in [-0.4, -0.2) is 43.1 Å². The highest BCUT2D eigenvalue weighted by molar-refractivity contribution is 7.22. The van der Waals surface area contributed by atoms with Crippen molar-refractivity contribution in [1.82, 2.24) is 4.98 Å². The maximum atomic E-state index is 13.9. The van der Waals surface area contributed by atoms with Crippen molar-refractivity contribution in [3.05, 3.63) is 83.2 Å². The van der Waals surface area contributed by atoms with E-state index in [0.717, 1.165) is 11.3 Å². The number of anilines is 1. The Morgan fingerprint density at radius 2 is 1.65 bits per heavy atom. The molecule has 0 aliphatic carbocycles. The van der Waals surface area contributed by atoms with Crippen LogP contribution in [0.2, 0.25) is 0 Å². The third-order valence-electron chi connectivity index (χ3n) is 6.08. The number of ether oxygens (including phenoxy) is 3. The fourth-order valence-corrected chi connectivity index (χ4v) is 5.29. The smallest absolute Gasteiger partial charge is 0.301 e. The Morgan fingerprint density at radius 1 is 0.946 bits per heavy atom. The van der Waals surface area contributed by atoms with Crippen molar-refractivity contribution in [3.63, 3.8) is 0 Å². The Balaban J connectivity index is 1.77. The molecular weight excluding hydrogens is 499 g/mol. The van der Waals surface area contributed by atoms with Gasteiger partial charge in [0.1, 0.15) is 34.9 Å². The second kappa shape index (κ2) is 9.55. The number of Topliss-reactive ketones (excluding diaryl/α,β-unsaturated/α-hetero) is 1. The molecule has 1 aromatic heterocycles. The molecule has 5 rings (SSSR count). The van der Waals surface area contributed by atoms with Crippen LogP contribution in [0.4, 0.5) is 9.52 Å². The molecule has 3 aromatic carbocycles. The molecule has 1 aliphatic heterocycles. The van der Waals surface area contributed by atoms with E-state index in [9.17, 15) is 19.1 Å². The number of aliphatic hydroxyl groups is 1. The number of aliphatic hydroxyl groups excluding tert-OH is 1. The van der Waals surface area contributed by atoms with E-state index in [1.807, 2.05) is 0 Å². The first-order valence-corrected chi connectivity index (χ1v) is 11.9. The van der Waals surface area contributed by atoms with Crippen molar-refractivity contribution in [2.24, 2.45) is 0 Å². The van der Waals surface area contributed by atoms with Crippen molar-refractivity contribution in [3.8, 4) is 17.2 Å². The van der Waals surface area contributed by atoms with Crippen LogP contribution in [0.5, 0.6) is 17.2 Å². The molecule has 8 nitrogen and oxygen atoms in total. The van der Waals surface area contributed by atoms with Crippen LogP contribution in [0.25, 0.3) is 16.0 Å². The molecule has 188 valence electrons. The zero-order chi connectivity index (χ0) is 26.3. The number of nitrogens with zero attached hydrogens (tertiary/aromatic N) is 2. The summed E-state index contributed by atoms with van der Waals surface area (Å²) in [6.45, 7) is 0. The Hall–Kier alpha value is -4.44. The van der Waals surface area contributed by atoms with Gasteiger partial charge in [0.2, 0.25) is 0 Å². The number of amides is 1. The first-order valence-electron chi connectivity index (χ1n) is 11.1. The van der Waals surface area contributed by atoms with Crippen molar-refractivity contribution in [1.29, 1.82) is 0 Å². The predicted octanol–water partition coefficient (Wildman–Crippen LogP) is 5.09. The second-order valence-corrected chi connectivity index (χ2v) is 9.12. The summed E-state index contributed by atoms with van der Waals surface area (Å²) < 4.78 is 30.5. The molecule has 1 N–H and O–H groups in total. The molecule has 1 amide bonds. The van der Waals surface area contributed by atoms with E-state index in [1.165, 1.54) is 44.4 Å². The van der Waals surface area contributed by atoms with Gasteiger partial charge >= 0.3 is 5.91 Å². The SMILES string of the molecule is COc1ccc(/C(O)=C2\C(=O)C(=O)N(c3nc4ccc(F)cc4s3)[C@@H]2c2cc(OC)ccc2OC)cc1. The molecule has 10 heteroatoms. The molecule has 0 saturated carbocycles. The Bertz CT molecular complexity index is 1560. The van der Waals surface area contributed by atoms with Crippen molar-refractivity contribution >= 4 is 44.1 Å². The molecule has 0 unspecified atom stereocenters. The number of hydrogen-bond donors (Lipinski definition) is 1. The lowest BCUT2D eigenvalue weighted by Gasteiger charge is -2.25. The first-order chi connectivity index (χ1) is 17.9. The van der Waals surface area contributed by atoms with Gasteiger partial charge in [0.05, 0.1) is 37.1 Å². The molecule has 4 aromatic rings. The number of thiazole rings is 1. The molecule has 1 aliphatic rings. The van der Waals surface area contributed by atoms with Gasteiger partial charge in [-0.1, -0.05) is 11.3 Å². The summed E-state index contributed by atoms with van der Waals surface area (Å²) in [6.07, 6.45) is 0. The summed E-state index contributed by atoms with van der Waals surface area (Å²) in [5, 5.41) is 11.5. The zero-order valence-electron chi connectivity index (χ0n) is 20.0. The van der Waals surface area contributed by atoms with E-state index in [4.69, 9.17) is 14.2 Å². The summed E-state index contributed by atoms with van der Waals surface area (Å²) in [7, 11) is 4.46. The minimum Gasteiger partial charge on any atom is -0.507 e. The average molecular weight is 521 g/mol. The fourth-order valence-electron chi connectivity index (χ4n) is 4.27. The van der Waals surface area contributed by atoms with E-state index in [0.29, 0.717) is 38.6 Å². The lowest BCUT2D eigenvalue weighted by Crippen LogP contribution is -2.29. The molecule has 0 radical (unpaired) electrons. The Labute approximate surface area is 215 Å². The van der Waals surface area contributed by atoms with Gasteiger partial charge < -0.3 is 19.3 Å². The molecule has 2 heterocycles. The van der Waals surface area contributed by atoms with Gasteiger partial charge in [-0.15, -0.1) is 0 Å². The van der Waals surface area contributed by atoms with Gasteiger partial charge in [0.15, 0.2) is 5.13 Å². The number of rotatable bonds is 6. The maximum absolute atomic E-state index is 13.9. The number of methoxy groups -OCH3 is 3. The quantitative estimate of drug-likeness (QED) is 0.215. The van der Waals surface area contributed by atoms with Gasteiger partial charge in [0.25, 0.3) is 5.78 Å². The van der Waals surface area contributed by atoms with E-state index < -0.39 is 23.5 Å². The van der Waals surface area contributed by atoms with Crippen molar-refractivity contribution in [2.45, 2.75) is 6.04 Å². The predicted molar refractivity (Wildman–Crippen MR) is 137 cm³/mol. The molecular formula is C27H21FN2O6S. The fraction of sp³-hybridized carbons (Fsp3) is 0.148. The minimum absolute atomic E-state index is 0.146. The Kier molecular flexibility index (Phi) is 6.26. The number of carbonyl (C=O) groups excluding carboxylic acids is 2. The van der Waals surface area contributed by atoms with Gasteiger partial charge in [-0.25, -0.2) is 9.37 Å². The van der Waals surface area contributed by atoms with Gasteiger partial charge in [0, 0.05) is 11.1 Å². The molecule has 0 bridgehead atoms. The van der Waals surface area contributed by atoms with E-state index >= 15 is 0 Å². The highest BCUT2D eigenvalue weighted by Crippen LogP contribution is 2.47. The maximum Gasteiger partial charge on any atom is 0.301 e. The van der Waals surface area contributed by atoms with Crippen LogP contribution in [-0.2, 0) is 9.59 Å². The van der Waals surface area contributed by atoms with Crippen LogP contribution in [0.1, 0.15) is 17.2 Å². The standard InChI is InChI=1S/C27H21FN2O6S/c1-34-16-7-4-14(5-8-16)24(31)22-23(18-13-17(35-2)9-11-20(18)36-3)30(26(33)25(22)32)27-29-19-10-6-15(28)12-21(19)37-27/h4-13,23,31H,1-3H3/b24-22+/t23-/m1/s1. The number of aromatic nitrogens is 1. The number of carbonyl (C=O) groups is 2. The van der Waals surface area contributed by atoms with Crippen molar-refractivity contribution in [2.75, 3.05) is 26.2 Å². The topological polar surface area (TPSA) is 98.2 Å². The van der Waals surface area contributed by atoms with E-state index in [2.05, 4.69) is 4.98 Å².